The standard InChI is InChI=1S/C41H45N3O6Si/c1-28-39(51(2,3)49)36(25-38(47)42(22-23-45)26-29-12-6-4-7-13-29)50-41(28)33-24-32(44-34-17-11-10-16-31(34)18-21-37(44)46)19-20-35(33)43(40(41)48)27-30-14-8-5-9-15-30/h4-17,19-20,24,28,36,39,45,49H,18,21-23,25-27H2,1-3H3/t28-,36+,39-,41+/m1/s1. The monoisotopic (exact) mass is 703 g/mol. The molecule has 4 atom stereocenters. The summed E-state index contributed by atoms with van der Waals surface area (Å²) >= 11 is 0. The van der Waals surface area contributed by atoms with Gasteiger partial charge in [0.2, 0.25) is 11.8 Å². The van der Waals surface area contributed by atoms with Crippen LogP contribution in [-0.2, 0) is 44.2 Å². The van der Waals surface area contributed by atoms with Gasteiger partial charge in [0.1, 0.15) is 0 Å². The van der Waals surface area contributed by atoms with E-state index >= 15 is 4.79 Å². The molecule has 4 aromatic carbocycles. The first kappa shape index (κ1) is 34.8. The molecule has 2 N–H and O–H groups in total. The summed E-state index contributed by atoms with van der Waals surface area (Å²) in [6, 6.07) is 33.0. The first-order valence-corrected chi connectivity index (χ1v) is 20.8. The van der Waals surface area contributed by atoms with E-state index in [1.165, 1.54) is 0 Å². The summed E-state index contributed by atoms with van der Waals surface area (Å²) < 4.78 is 7.03. The molecular formula is C41H45N3O6Si. The lowest BCUT2D eigenvalue weighted by molar-refractivity contribution is -0.150. The highest BCUT2D eigenvalue weighted by Gasteiger charge is 2.66. The third-order valence-corrected chi connectivity index (χ3v) is 13.3. The number of carbonyl (C=O) groups excluding carboxylic acids is 3. The van der Waals surface area contributed by atoms with Gasteiger partial charge >= 0.3 is 0 Å². The van der Waals surface area contributed by atoms with E-state index < -0.39 is 31.5 Å². The summed E-state index contributed by atoms with van der Waals surface area (Å²) in [5.74, 6) is -0.984. The van der Waals surface area contributed by atoms with Gasteiger partial charge in [0.25, 0.3) is 5.91 Å². The second-order valence-corrected chi connectivity index (χ2v) is 18.5. The zero-order valence-corrected chi connectivity index (χ0v) is 30.4. The number of aliphatic hydroxyl groups is 1. The van der Waals surface area contributed by atoms with E-state index in [2.05, 4.69) is 0 Å². The van der Waals surface area contributed by atoms with E-state index in [0.29, 0.717) is 42.9 Å². The topological polar surface area (TPSA) is 111 Å². The lowest BCUT2D eigenvalue weighted by Gasteiger charge is -2.33. The number of amides is 3. The van der Waals surface area contributed by atoms with Crippen LogP contribution in [0.3, 0.4) is 0 Å². The van der Waals surface area contributed by atoms with Crippen molar-refractivity contribution >= 4 is 43.1 Å². The number of carbonyl (C=O) groups is 3. The van der Waals surface area contributed by atoms with Gasteiger partial charge in [-0.1, -0.05) is 85.8 Å². The second kappa shape index (κ2) is 13.8. The summed E-state index contributed by atoms with van der Waals surface area (Å²) in [7, 11) is -3.07. The van der Waals surface area contributed by atoms with Gasteiger partial charge in [0.05, 0.1) is 37.1 Å². The van der Waals surface area contributed by atoms with Crippen LogP contribution < -0.4 is 9.80 Å². The zero-order chi connectivity index (χ0) is 35.9. The number of rotatable bonds is 10. The minimum Gasteiger partial charge on any atom is -0.432 e. The largest absolute Gasteiger partial charge is 0.432 e. The van der Waals surface area contributed by atoms with Crippen molar-refractivity contribution in [3.63, 3.8) is 0 Å². The van der Waals surface area contributed by atoms with Crippen LogP contribution in [0.5, 0.6) is 0 Å². The minimum atomic E-state index is -3.07. The maximum absolute atomic E-state index is 15.1. The van der Waals surface area contributed by atoms with E-state index in [1.54, 1.807) is 14.7 Å². The molecule has 3 heterocycles. The highest BCUT2D eigenvalue weighted by molar-refractivity contribution is 6.71. The summed E-state index contributed by atoms with van der Waals surface area (Å²) in [4.78, 5) is 59.6. The van der Waals surface area contributed by atoms with Crippen molar-refractivity contribution in [1.82, 2.24) is 4.90 Å². The predicted molar refractivity (Wildman–Crippen MR) is 199 cm³/mol. The van der Waals surface area contributed by atoms with Crippen LogP contribution in [0.4, 0.5) is 17.1 Å². The average molecular weight is 704 g/mol. The van der Waals surface area contributed by atoms with Gasteiger partial charge in [0, 0.05) is 42.2 Å². The number of hydrogen-bond acceptors (Lipinski definition) is 6. The van der Waals surface area contributed by atoms with Crippen LogP contribution in [-0.4, -0.2) is 60.1 Å². The van der Waals surface area contributed by atoms with Crippen molar-refractivity contribution < 1.29 is 29.0 Å². The van der Waals surface area contributed by atoms with Crippen LogP contribution in [0.15, 0.2) is 103 Å². The fraction of sp³-hybridized carbons (Fsp3) is 0.341. The maximum Gasteiger partial charge on any atom is 0.264 e. The number of para-hydroxylation sites is 1. The fourth-order valence-corrected chi connectivity index (χ4v) is 11.1. The van der Waals surface area contributed by atoms with E-state index in [-0.39, 0.29) is 37.3 Å². The zero-order valence-electron chi connectivity index (χ0n) is 29.4. The summed E-state index contributed by atoms with van der Waals surface area (Å²) in [5.41, 5.74) is 3.78. The fourth-order valence-electron chi connectivity index (χ4n) is 8.56. The maximum atomic E-state index is 15.1. The molecule has 4 aromatic rings. The summed E-state index contributed by atoms with van der Waals surface area (Å²) in [6.07, 6.45) is 0.217. The van der Waals surface area contributed by atoms with Crippen molar-refractivity contribution in [3.8, 4) is 0 Å². The van der Waals surface area contributed by atoms with E-state index in [0.717, 1.165) is 22.4 Å². The summed E-state index contributed by atoms with van der Waals surface area (Å²) in [6.45, 7) is 6.21. The van der Waals surface area contributed by atoms with Crippen LogP contribution in [0.1, 0.15) is 42.0 Å². The van der Waals surface area contributed by atoms with Gasteiger partial charge in [-0.3, -0.25) is 19.3 Å². The van der Waals surface area contributed by atoms with Crippen molar-refractivity contribution in [3.05, 3.63) is 125 Å². The number of hydrogen-bond donors (Lipinski definition) is 2. The van der Waals surface area contributed by atoms with E-state index in [9.17, 15) is 19.5 Å². The van der Waals surface area contributed by atoms with Gasteiger partial charge in [0.15, 0.2) is 13.9 Å². The van der Waals surface area contributed by atoms with Gasteiger partial charge in [-0.2, -0.15) is 0 Å². The Labute approximate surface area is 300 Å². The Balaban J connectivity index is 1.31. The smallest absolute Gasteiger partial charge is 0.264 e. The van der Waals surface area contributed by atoms with Crippen molar-refractivity contribution in [2.75, 3.05) is 23.0 Å². The highest BCUT2D eigenvalue weighted by atomic mass is 28.4. The predicted octanol–water partition coefficient (Wildman–Crippen LogP) is 6.05. The lowest BCUT2D eigenvalue weighted by atomic mass is 9.82. The Kier molecular flexibility index (Phi) is 9.45. The molecule has 0 unspecified atom stereocenters. The van der Waals surface area contributed by atoms with Gasteiger partial charge in [-0.05, 0) is 60.5 Å². The van der Waals surface area contributed by atoms with Gasteiger partial charge in [-0.15, -0.1) is 0 Å². The molecule has 9 nitrogen and oxygen atoms in total. The molecule has 51 heavy (non-hydrogen) atoms. The Bertz CT molecular complexity index is 1930. The van der Waals surface area contributed by atoms with Crippen LogP contribution >= 0.6 is 0 Å². The Morgan fingerprint density at radius 3 is 2.25 bits per heavy atom. The van der Waals surface area contributed by atoms with Crippen molar-refractivity contribution in [2.45, 2.75) is 69.6 Å². The quantitative estimate of drug-likeness (QED) is 0.195. The number of aryl methyl sites for hydroxylation is 1. The molecule has 0 aromatic heterocycles. The molecule has 3 aliphatic rings. The first-order valence-electron chi connectivity index (χ1n) is 17.8. The molecule has 264 valence electrons. The third-order valence-electron chi connectivity index (χ3n) is 10.8. The van der Waals surface area contributed by atoms with Crippen molar-refractivity contribution in [2.24, 2.45) is 5.92 Å². The van der Waals surface area contributed by atoms with Crippen LogP contribution in [0.25, 0.3) is 0 Å². The molecule has 1 fully saturated rings. The number of anilines is 3. The van der Waals surface area contributed by atoms with E-state index in [4.69, 9.17) is 4.74 Å². The lowest BCUT2D eigenvalue weighted by Crippen LogP contribution is -2.46. The molecular weight excluding hydrogens is 659 g/mol. The van der Waals surface area contributed by atoms with Crippen LogP contribution in [0.2, 0.25) is 18.6 Å². The average Bonchev–Trinajstić information content (AvgIpc) is 3.54. The third kappa shape index (κ3) is 6.31. The molecule has 7 rings (SSSR count). The Morgan fingerprint density at radius 1 is 0.902 bits per heavy atom. The number of fused-ring (bicyclic) bond motifs is 3. The molecule has 1 spiro atoms. The SMILES string of the molecule is C[C@@H]1[C@@H]([Si](C)(C)O)[C@H](CC(=O)N(CCO)Cc2ccccc2)O[C@@]12C(=O)N(Cc1ccccc1)c1ccc(N3C(=O)CCc4ccccc43)cc12. The molecule has 0 radical (unpaired) electrons. The number of nitrogens with zero attached hydrogens (tertiary/aromatic N) is 3. The summed E-state index contributed by atoms with van der Waals surface area (Å²) in [5, 5.41) is 9.89. The Hall–Kier alpha value is -4.61. The van der Waals surface area contributed by atoms with Crippen LogP contribution in [0, 0.1) is 5.92 Å². The number of aliphatic hydroxyl groups excluding tert-OH is 1. The molecule has 3 amide bonds. The normalized spacial score (nSPS) is 22.7. The molecule has 0 saturated carbocycles. The molecule has 3 aliphatic heterocycles. The number of ether oxygens (including phenoxy) is 1. The molecule has 10 heteroatoms. The highest BCUT2D eigenvalue weighted by Crippen LogP contribution is 2.60. The van der Waals surface area contributed by atoms with E-state index in [1.807, 2.05) is 123 Å². The molecule has 0 bridgehead atoms. The molecule has 0 aliphatic carbocycles. The first-order chi connectivity index (χ1) is 24.5. The molecule has 1 saturated heterocycles. The number of benzene rings is 4. The Morgan fingerprint density at radius 2 is 1.57 bits per heavy atom. The minimum absolute atomic E-state index is 0.0267. The van der Waals surface area contributed by atoms with Crippen molar-refractivity contribution in [1.29, 1.82) is 0 Å². The van der Waals surface area contributed by atoms with Gasteiger partial charge in [-0.25, -0.2) is 0 Å². The second-order valence-electron chi connectivity index (χ2n) is 14.5. The van der Waals surface area contributed by atoms with Gasteiger partial charge < -0.3 is 24.4 Å².